The molecule has 0 unspecified atom stereocenters. The van der Waals surface area contributed by atoms with E-state index in [9.17, 15) is 0 Å². The molecule has 0 radical (unpaired) electrons. The third kappa shape index (κ3) is 6.00. The van der Waals surface area contributed by atoms with E-state index in [-0.39, 0.29) is 0 Å². The number of pyridine rings is 1. The number of rotatable bonds is 8. The monoisotopic (exact) mass is 467 g/mol. The number of hydrogen-bond acceptors (Lipinski definition) is 9. The van der Waals surface area contributed by atoms with Crippen molar-refractivity contribution in [3.8, 4) is 5.88 Å². The molecule has 2 aliphatic rings. The Kier molecular flexibility index (Phi) is 7.32. The van der Waals surface area contributed by atoms with Crippen LogP contribution in [0.15, 0.2) is 46.9 Å². The third-order valence-electron chi connectivity index (χ3n) is 5.79. The van der Waals surface area contributed by atoms with Gasteiger partial charge in [0.05, 0.1) is 32.6 Å². The molecule has 2 aromatic heterocycles. The van der Waals surface area contributed by atoms with Crippen molar-refractivity contribution in [2.24, 2.45) is 5.10 Å². The number of morpholine rings is 2. The number of thiophene rings is 1. The minimum atomic E-state index is 0.586. The molecule has 0 atom stereocenters. The molecular formula is C24H29N5O3S. The summed E-state index contributed by atoms with van der Waals surface area (Å²) in [4.78, 5) is 9.28. The Balaban J connectivity index is 1.27. The molecule has 1 N–H and O–H groups in total. The largest absolute Gasteiger partial charge is 0.476 e. The number of nitrogens with one attached hydrogen (secondary N) is 1. The molecular weight excluding hydrogens is 438 g/mol. The average Bonchev–Trinajstić information content (AvgIpc) is 3.33. The number of benzene rings is 1. The minimum absolute atomic E-state index is 0.586. The van der Waals surface area contributed by atoms with E-state index in [1.54, 1.807) is 11.3 Å². The van der Waals surface area contributed by atoms with Crippen LogP contribution < -0.4 is 15.1 Å². The van der Waals surface area contributed by atoms with Gasteiger partial charge in [-0.25, -0.2) is 0 Å². The lowest BCUT2D eigenvalue weighted by atomic mass is 10.2. The maximum atomic E-state index is 6.04. The van der Waals surface area contributed by atoms with Gasteiger partial charge in [0, 0.05) is 55.2 Å². The van der Waals surface area contributed by atoms with Gasteiger partial charge in [-0.15, -0.1) is 11.3 Å². The van der Waals surface area contributed by atoms with E-state index >= 15 is 0 Å². The zero-order valence-corrected chi connectivity index (χ0v) is 19.4. The number of fused-ring (bicyclic) bond motifs is 1. The van der Waals surface area contributed by atoms with E-state index in [4.69, 9.17) is 14.2 Å². The highest BCUT2D eigenvalue weighted by molar-refractivity contribution is 7.17. The first kappa shape index (κ1) is 22.1. The van der Waals surface area contributed by atoms with Crippen molar-refractivity contribution >= 4 is 39.1 Å². The minimum Gasteiger partial charge on any atom is -0.476 e. The van der Waals surface area contributed by atoms with Gasteiger partial charge in [0.2, 0.25) is 5.88 Å². The molecule has 9 heteroatoms. The van der Waals surface area contributed by atoms with E-state index < -0.39 is 0 Å². The number of aromatic nitrogens is 1. The van der Waals surface area contributed by atoms with Crippen LogP contribution in [0, 0.1) is 0 Å². The third-order valence-corrected chi connectivity index (χ3v) is 6.69. The van der Waals surface area contributed by atoms with Crippen molar-refractivity contribution in [2.45, 2.75) is 0 Å². The molecule has 5 rings (SSSR count). The molecule has 2 saturated heterocycles. The van der Waals surface area contributed by atoms with Gasteiger partial charge in [-0.1, -0.05) is 6.07 Å². The molecule has 33 heavy (non-hydrogen) atoms. The smallest absolute Gasteiger partial charge is 0.217 e. The van der Waals surface area contributed by atoms with E-state index in [1.807, 2.05) is 18.3 Å². The summed E-state index contributed by atoms with van der Waals surface area (Å²) in [6, 6.07) is 12.5. The van der Waals surface area contributed by atoms with Crippen LogP contribution in [-0.2, 0) is 9.47 Å². The highest BCUT2D eigenvalue weighted by atomic mass is 32.1. The Morgan fingerprint density at radius 2 is 1.85 bits per heavy atom. The lowest BCUT2D eigenvalue weighted by Gasteiger charge is -2.29. The SMILES string of the molecule is C(=NNc1cc(N2CCOCC2)cc(OCCN2CCOCC2)n1)c1ccc2sccc2c1. The van der Waals surface area contributed by atoms with Gasteiger partial charge in [-0.3, -0.25) is 10.3 Å². The van der Waals surface area contributed by atoms with Crippen LogP contribution in [0.3, 0.4) is 0 Å². The number of ether oxygens (including phenoxy) is 3. The van der Waals surface area contributed by atoms with Crippen molar-refractivity contribution in [3.63, 3.8) is 0 Å². The van der Waals surface area contributed by atoms with Crippen molar-refractivity contribution in [1.29, 1.82) is 0 Å². The van der Waals surface area contributed by atoms with Crippen LogP contribution in [-0.4, -0.2) is 81.9 Å². The highest BCUT2D eigenvalue weighted by Gasteiger charge is 2.15. The van der Waals surface area contributed by atoms with E-state index in [2.05, 4.69) is 55.0 Å². The summed E-state index contributed by atoms with van der Waals surface area (Å²) in [6.45, 7) is 8.06. The summed E-state index contributed by atoms with van der Waals surface area (Å²) >= 11 is 1.74. The van der Waals surface area contributed by atoms with Crippen LogP contribution in [0.1, 0.15) is 5.56 Å². The normalized spacial score (nSPS) is 17.6. The molecule has 0 aliphatic carbocycles. The summed E-state index contributed by atoms with van der Waals surface area (Å²) < 4.78 is 18.2. The van der Waals surface area contributed by atoms with Crippen LogP contribution >= 0.6 is 11.3 Å². The van der Waals surface area contributed by atoms with Crippen LogP contribution in [0.4, 0.5) is 11.5 Å². The van der Waals surface area contributed by atoms with Gasteiger partial charge < -0.3 is 19.1 Å². The topological polar surface area (TPSA) is 71.5 Å². The first-order chi connectivity index (χ1) is 16.3. The maximum Gasteiger partial charge on any atom is 0.217 e. The Labute approximate surface area is 197 Å². The van der Waals surface area contributed by atoms with E-state index in [0.717, 1.165) is 70.4 Å². The number of anilines is 2. The molecule has 4 heterocycles. The molecule has 8 nitrogen and oxygen atoms in total. The first-order valence-corrected chi connectivity index (χ1v) is 12.3. The predicted molar refractivity (Wildman–Crippen MR) is 133 cm³/mol. The maximum absolute atomic E-state index is 6.04. The van der Waals surface area contributed by atoms with Gasteiger partial charge in [0.1, 0.15) is 6.61 Å². The van der Waals surface area contributed by atoms with Gasteiger partial charge >= 0.3 is 0 Å². The number of hydrazone groups is 1. The predicted octanol–water partition coefficient (Wildman–Crippen LogP) is 3.29. The molecule has 0 spiro atoms. The fourth-order valence-electron chi connectivity index (χ4n) is 3.97. The van der Waals surface area contributed by atoms with Gasteiger partial charge in [-0.2, -0.15) is 10.1 Å². The zero-order chi connectivity index (χ0) is 22.3. The molecule has 1 aromatic carbocycles. The van der Waals surface area contributed by atoms with Crippen LogP contribution in [0.25, 0.3) is 10.1 Å². The zero-order valence-electron chi connectivity index (χ0n) is 18.6. The van der Waals surface area contributed by atoms with Gasteiger partial charge in [-0.05, 0) is 34.5 Å². The number of hydrogen-bond donors (Lipinski definition) is 1. The Bertz CT molecular complexity index is 1080. The fourth-order valence-corrected chi connectivity index (χ4v) is 4.74. The second-order valence-corrected chi connectivity index (χ2v) is 8.99. The molecule has 2 fully saturated rings. The van der Waals surface area contributed by atoms with E-state index in [1.165, 1.54) is 10.1 Å². The number of nitrogens with zero attached hydrogens (tertiary/aromatic N) is 4. The summed E-state index contributed by atoms with van der Waals surface area (Å²) in [6.07, 6.45) is 1.82. The van der Waals surface area contributed by atoms with Gasteiger partial charge in [0.25, 0.3) is 0 Å². The summed E-state index contributed by atoms with van der Waals surface area (Å²) in [5.74, 6) is 1.26. The Morgan fingerprint density at radius 1 is 1.03 bits per heavy atom. The summed E-state index contributed by atoms with van der Waals surface area (Å²) in [5, 5.41) is 7.76. The molecule has 2 aliphatic heterocycles. The summed E-state index contributed by atoms with van der Waals surface area (Å²) in [7, 11) is 0. The second kappa shape index (κ2) is 10.9. The molecule has 0 bridgehead atoms. The van der Waals surface area contributed by atoms with Crippen molar-refractivity contribution < 1.29 is 14.2 Å². The quantitative estimate of drug-likeness (QED) is 0.403. The van der Waals surface area contributed by atoms with Crippen molar-refractivity contribution in [1.82, 2.24) is 9.88 Å². The average molecular weight is 468 g/mol. The second-order valence-electron chi connectivity index (χ2n) is 8.04. The van der Waals surface area contributed by atoms with Crippen LogP contribution in [0.2, 0.25) is 0 Å². The molecule has 3 aromatic rings. The standard InChI is InChI=1S/C24H29N5O3S/c1-2-22-20(3-14-33-22)15-19(1)18-25-27-23-16-21(29-7-11-31-12-8-29)17-24(26-23)32-13-6-28-4-9-30-10-5-28/h1-3,14-18H,4-13H2,(H,26,27). The summed E-state index contributed by atoms with van der Waals surface area (Å²) in [5.41, 5.74) is 5.19. The first-order valence-electron chi connectivity index (χ1n) is 11.4. The van der Waals surface area contributed by atoms with Crippen LogP contribution in [0.5, 0.6) is 5.88 Å². The molecule has 0 amide bonds. The molecule has 174 valence electrons. The molecule has 0 saturated carbocycles. The Morgan fingerprint density at radius 3 is 2.70 bits per heavy atom. The van der Waals surface area contributed by atoms with Crippen molar-refractivity contribution in [3.05, 3.63) is 47.3 Å². The fraction of sp³-hybridized carbons (Fsp3) is 0.417. The highest BCUT2D eigenvalue weighted by Crippen LogP contribution is 2.25. The van der Waals surface area contributed by atoms with Crippen molar-refractivity contribution in [2.75, 3.05) is 76.1 Å². The lowest BCUT2D eigenvalue weighted by Crippen LogP contribution is -2.38. The van der Waals surface area contributed by atoms with Gasteiger partial charge in [0.15, 0.2) is 5.82 Å². The van der Waals surface area contributed by atoms with E-state index in [0.29, 0.717) is 18.3 Å². The lowest BCUT2D eigenvalue weighted by molar-refractivity contribution is 0.0320. The Hall–Kier alpha value is -2.72.